The minimum atomic E-state index is -0.996. The Morgan fingerprint density at radius 1 is 1.00 bits per heavy atom. The van der Waals surface area contributed by atoms with Crippen molar-refractivity contribution in [3.8, 4) is 11.8 Å². The average molecular weight is 532 g/mol. The molecule has 0 bridgehead atoms. The van der Waals surface area contributed by atoms with Gasteiger partial charge in [0.1, 0.15) is 10.8 Å². The predicted molar refractivity (Wildman–Crippen MR) is 141 cm³/mol. The van der Waals surface area contributed by atoms with Gasteiger partial charge in [-0.05, 0) is 65.2 Å². The van der Waals surface area contributed by atoms with Gasteiger partial charge in [-0.2, -0.15) is 5.26 Å². The molecule has 0 aliphatic rings. The number of thiazole rings is 1. The smallest absolute Gasteiger partial charge is 0.251 e. The first kappa shape index (κ1) is 26.9. The van der Waals surface area contributed by atoms with Crippen LogP contribution in [0.4, 0.5) is 0 Å². The van der Waals surface area contributed by atoms with E-state index in [1.807, 2.05) is 0 Å². The Hall–Kier alpha value is -4.14. The molecule has 1 unspecified atom stereocenters. The summed E-state index contributed by atoms with van der Waals surface area (Å²) in [5.74, 6) is -0.228. The number of Topliss-reactive ketones (excluding diaryl/α,β-unsaturated/α-hetero) is 1. The summed E-state index contributed by atoms with van der Waals surface area (Å²) in [5, 5.41) is 40.3. The Morgan fingerprint density at radius 3 is 2.32 bits per heavy atom. The largest absolute Gasteiger partial charge is 0.478 e. The van der Waals surface area contributed by atoms with Crippen molar-refractivity contribution < 1.29 is 29.6 Å². The monoisotopic (exact) mass is 531 g/mol. The lowest BCUT2D eigenvalue weighted by molar-refractivity contribution is -0.125. The van der Waals surface area contributed by atoms with Gasteiger partial charge in [-0.15, -0.1) is 11.3 Å². The summed E-state index contributed by atoms with van der Waals surface area (Å²) in [4.78, 5) is 30.2. The number of aliphatic hydroxyl groups excluding tert-OH is 3. The molecule has 1 atom stereocenters. The van der Waals surface area contributed by atoms with Crippen molar-refractivity contribution in [3.63, 3.8) is 0 Å². The minimum Gasteiger partial charge on any atom is -0.478 e. The quantitative estimate of drug-likeness (QED) is 0.231. The third kappa shape index (κ3) is 6.22. The van der Waals surface area contributed by atoms with Crippen molar-refractivity contribution in [3.05, 3.63) is 93.5 Å². The molecule has 1 heterocycles. The van der Waals surface area contributed by atoms with E-state index in [1.165, 1.54) is 11.3 Å². The summed E-state index contributed by atoms with van der Waals surface area (Å²) in [6.45, 7) is -0.468. The SMILES string of the molecule is N#Cc1ccc(C(Oc2ccc(C(=O)NCCO)cc2)C(=O)Cc2nc3cc(CO)c(CO)cc3s2)cc1. The summed E-state index contributed by atoms with van der Waals surface area (Å²) >= 11 is 1.33. The molecule has 38 heavy (non-hydrogen) atoms. The van der Waals surface area contributed by atoms with E-state index in [1.54, 1.807) is 60.7 Å². The van der Waals surface area contributed by atoms with Crippen LogP contribution in [0, 0.1) is 11.3 Å². The summed E-state index contributed by atoms with van der Waals surface area (Å²) in [5.41, 5.74) is 3.20. The predicted octanol–water partition coefficient (Wildman–Crippen LogP) is 2.81. The van der Waals surface area contributed by atoms with E-state index in [0.717, 1.165) is 4.70 Å². The molecule has 0 saturated heterocycles. The second kappa shape index (κ2) is 12.4. The number of fused-ring (bicyclic) bond motifs is 1. The molecule has 0 aliphatic carbocycles. The molecule has 9 nitrogen and oxygen atoms in total. The molecule has 0 spiro atoms. The number of nitriles is 1. The maximum absolute atomic E-state index is 13.5. The van der Waals surface area contributed by atoms with Crippen LogP contribution in [0.2, 0.25) is 0 Å². The first-order valence-corrected chi connectivity index (χ1v) is 12.6. The average Bonchev–Trinajstić information content (AvgIpc) is 3.34. The summed E-state index contributed by atoms with van der Waals surface area (Å²) in [7, 11) is 0. The number of hydrogen-bond donors (Lipinski definition) is 4. The number of ether oxygens (including phenoxy) is 1. The fraction of sp³-hybridized carbons (Fsp3) is 0.214. The standard InChI is InChI=1S/C28H25N3O6S/c29-14-17-1-3-18(4-2-17)27(37-22-7-5-19(6-8-22)28(36)30-9-10-32)24(35)13-26-31-23-11-20(15-33)21(16-34)12-25(23)38-26/h1-8,11-12,27,32-34H,9-10,13,15-16H2,(H,30,36). The van der Waals surface area contributed by atoms with E-state index >= 15 is 0 Å². The van der Waals surface area contributed by atoms with Crippen molar-refractivity contribution in [2.45, 2.75) is 25.7 Å². The van der Waals surface area contributed by atoms with Gasteiger partial charge in [-0.3, -0.25) is 9.59 Å². The molecule has 10 heteroatoms. The summed E-state index contributed by atoms with van der Waals surface area (Å²) in [6, 6.07) is 18.4. The van der Waals surface area contributed by atoms with Crippen LogP contribution in [0.25, 0.3) is 10.2 Å². The van der Waals surface area contributed by atoms with Crippen molar-refractivity contribution in [1.82, 2.24) is 10.3 Å². The molecule has 1 aromatic heterocycles. The van der Waals surface area contributed by atoms with Crippen LogP contribution in [0.1, 0.15) is 43.7 Å². The third-order valence-corrected chi connectivity index (χ3v) is 6.84. The first-order chi connectivity index (χ1) is 18.4. The van der Waals surface area contributed by atoms with Crippen LogP contribution < -0.4 is 10.1 Å². The second-order valence-corrected chi connectivity index (χ2v) is 9.51. The van der Waals surface area contributed by atoms with Crippen molar-refractivity contribution in [2.75, 3.05) is 13.2 Å². The van der Waals surface area contributed by atoms with Crippen molar-refractivity contribution in [1.29, 1.82) is 5.26 Å². The van der Waals surface area contributed by atoms with Gasteiger partial charge in [-0.25, -0.2) is 4.98 Å². The third-order valence-electron chi connectivity index (χ3n) is 5.82. The molecule has 194 valence electrons. The molecular formula is C28H25N3O6S. The van der Waals surface area contributed by atoms with Crippen LogP contribution in [-0.4, -0.2) is 45.1 Å². The number of hydrogen-bond acceptors (Lipinski definition) is 9. The van der Waals surface area contributed by atoms with E-state index in [-0.39, 0.29) is 44.5 Å². The molecular weight excluding hydrogens is 506 g/mol. The van der Waals surface area contributed by atoms with E-state index in [0.29, 0.717) is 44.1 Å². The zero-order valence-corrected chi connectivity index (χ0v) is 21.1. The van der Waals surface area contributed by atoms with Crippen molar-refractivity contribution >= 4 is 33.2 Å². The van der Waals surface area contributed by atoms with Crippen LogP contribution in [0.5, 0.6) is 5.75 Å². The molecule has 1 amide bonds. The van der Waals surface area contributed by atoms with Gasteiger partial charge in [0.15, 0.2) is 11.9 Å². The molecule has 0 saturated carbocycles. The van der Waals surface area contributed by atoms with Crippen molar-refractivity contribution in [2.24, 2.45) is 0 Å². The lowest BCUT2D eigenvalue weighted by atomic mass is 10.0. The number of ketones is 1. The first-order valence-electron chi connectivity index (χ1n) is 11.8. The maximum Gasteiger partial charge on any atom is 0.251 e. The Balaban J connectivity index is 1.59. The number of amides is 1. The van der Waals surface area contributed by atoms with Crippen LogP contribution in [0.3, 0.4) is 0 Å². The lowest BCUT2D eigenvalue weighted by Gasteiger charge is -2.18. The lowest BCUT2D eigenvalue weighted by Crippen LogP contribution is -2.26. The Morgan fingerprint density at radius 2 is 1.68 bits per heavy atom. The number of aromatic nitrogens is 1. The molecule has 3 aromatic carbocycles. The van der Waals surface area contributed by atoms with E-state index in [4.69, 9.17) is 15.1 Å². The van der Waals surface area contributed by atoms with Gasteiger partial charge in [0, 0.05) is 12.1 Å². The normalized spacial score (nSPS) is 11.6. The minimum absolute atomic E-state index is 0.0193. The van der Waals surface area contributed by atoms with Crippen LogP contribution in [-0.2, 0) is 24.4 Å². The Labute approximate surface area is 222 Å². The highest BCUT2D eigenvalue weighted by Crippen LogP contribution is 2.29. The van der Waals surface area contributed by atoms with E-state index in [9.17, 15) is 19.8 Å². The van der Waals surface area contributed by atoms with Crippen LogP contribution in [0.15, 0.2) is 60.7 Å². The molecule has 0 radical (unpaired) electrons. The molecule has 0 fully saturated rings. The van der Waals surface area contributed by atoms with Gasteiger partial charge in [-0.1, -0.05) is 12.1 Å². The number of nitrogens with one attached hydrogen (secondary N) is 1. The maximum atomic E-state index is 13.5. The van der Waals surface area contributed by atoms with E-state index in [2.05, 4.69) is 16.4 Å². The van der Waals surface area contributed by atoms with Gasteiger partial charge >= 0.3 is 0 Å². The summed E-state index contributed by atoms with van der Waals surface area (Å²) in [6.07, 6.45) is -1.01. The zero-order chi connectivity index (χ0) is 27.1. The molecule has 4 rings (SSSR count). The fourth-order valence-electron chi connectivity index (χ4n) is 3.86. The van der Waals surface area contributed by atoms with Gasteiger partial charge in [0.2, 0.25) is 0 Å². The number of nitrogens with zero attached hydrogens (tertiary/aromatic N) is 2. The number of benzene rings is 3. The number of carbonyl (C=O) groups excluding carboxylic acids is 2. The topological polar surface area (TPSA) is 153 Å². The van der Waals surface area contributed by atoms with Gasteiger partial charge in [0.05, 0.1) is 48.1 Å². The fourth-order valence-corrected chi connectivity index (χ4v) is 4.89. The number of carbonyl (C=O) groups is 2. The van der Waals surface area contributed by atoms with Gasteiger partial charge in [0.25, 0.3) is 5.91 Å². The van der Waals surface area contributed by atoms with E-state index < -0.39 is 6.10 Å². The highest BCUT2D eigenvalue weighted by molar-refractivity contribution is 7.18. The zero-order valence-electron chi connectivity index (χ0n) is 20.3. The van der Waals surface area contributed by atoms with Crippen LogP contribution >= 0.6 is 11.3 Å². The Kier molecular flexibility index (Phi) is 8.78. The molecule has 4 N–H and O–H groups in total. The Bertz CT molecular complexity index is 1430. The molecule has 0 aliphatic heterocycles. The van der Waals surface area contributed by atoms with Gasteiger partial charge < -0.3 is 25.4 Å². The molecule has 4 aromatic rings. The number of rotatable bonds is 11. The second-order valence-electron chi connectivity index (χ2n) is 8.39. The number of aliphatic hydroxyl groups is 3. The summed E-state index contributed by atoms with van der Waals surface area (Å²) < 4.78 is 6.87. The highest BCUT2D eigenvalue weighted by atomic mass is 32.1. The highest BCUT2D eigenvalue weighted by Gasteiger charge is 2.25.